The van der Waals surface area contributed by atoms with E-state index in [2.05, 4.69) is 5.32 Å². The van der Waals surface area contributed by atoms with Crippen molar-refractivity contribution in [1.82, 2.24) is 9.62 Å². The molecule has 2 aliphatic rings. The van der Waals surface area contributed by atoms with Gasteiger partial charge in [-0.15, -0.1) is 0 Å². The monoisotopic (exact) mass is 334 g/mol. The SMILES string of the molecule is O=c1ccc2cc(S(=O)(=O)N3CCC4CCC(C3)N4)ccc2o1. The van der Waals surface area contributed by atoms with E-state index in [1.807, 2.05) is 0 Å². The largest absolute Gasteiger partial charge is 0.423 e. The molecule has 1 N–H and O–H groups in total. The second-order valence-corrected chi connectivity index (χ2v) is 8.18. The second kappa shape index (κ2) is 5.43. The quantitative estimate of drug-likeness (QED) is 0.838. The molecule has 2 atom stereocenters. The predicted molar refractivity (Wildman–Crippen MR) is 85.8 cm³/mol. The summed E-state index contributed by atoms with van der Waals surface area (Å²) in [5.41, 5.74) is -0.0456. The van der Waals surface area contributed by atoms with Crippen LogP contribution in [0.2, 0.25) is 0 Å². The summed E-state index contributed by atoms with van der Waals surface area (Å²) in [7, 11) is -3.54. The van der Waals surface area contributed by atoms with Gasteiger partial charge in [0, 0.05) is 36.6 Å². The van der Waals surface area contributed by atoms with Crippen LogP contribution in [0.1, 0.15) is 19.3 Å². The minimum atomic E-state index is -3.54. The molecule has 2 aliphatic heterocycles. The minimum Gasteiger partial charge on any atom is -0.423 e. The first kappa shape index (κ1) is 14.9. The standard InChI is InChI=1S/C16H18N2O4S/c19-16-6-1-11-9-14(4-5-15(11)22-16)23(20,21)18-8-7-12-2-3-13(10-18)17-12/h1,4-6,9,12-13,17H,2-3,7-8,10H2. The zero-order valence-corrected chi connectivity index (χ0v) is 13.4. The van der Waals surface area contributed by atoms with Crippen LogP contribution in [0, 0.1) is 0 Å². The summed E-state index contributed by atoms with van der Waals surface area (Å²) in [5, 5.41) is 4.10. The molecule has 2 bridgehead atoms. The Balaban J connectivity index is 1.70. The lowest BCUT2D eigenvalue weighted by Gasteiger charge is -2.23. The molecule has 0 aliphatic carbocycles. The fraction of sp³-hybridized carbons (Fsp3) is 0.438. The van der Waals surface area contributed by atoms with Gasteiger partial charge in [0.15, 0.2) is 0 Å². The van der Waals surface area contributed by atoms with Gasteiger partial charge >= 0.3 is 5.63 Å². The average Bonchev–Trinajstić information content (AvgIpc) is 2.85. The van der Waals surface area contributed by atoms with Crippen molar-refractivity contribution in [2.24, 2.45) is 0 Å². The van der Waals surface area contributed by atoms with Gasteiger partial charge in [-0.05, 0) is 43.5 Å². The molecular formula is C16H18N2O4S. The normalized spacial score (nSPS) is 25.6. The summed E-state index contributed by atoms with van der Waals surface area (Å²) in [6, 6.07) is 8.20. The molecule has 1 aromatic carbocycles. The highest BCUT2D eigenvalue weighted by molar-refractivity contribution is 7.89. The third kappa shape index (κ3) is 2.69. The molecule has 2 saturated heterocycles. The molecule has 0 spiro atoms. The number of nitrogens with one attached hydrogen (secondary N) is 1. The van der Waals surface area contributed by atoms with Gasteiger partial charge in [-0.1, -0.05) is 0 Å². The number of fused-ring (bicyclic) bond motifs is 3. The number of benzene rings is 1. The lowest BCUT2D eigenvalue weighted by atomic mass is 10.1. The van der Waals surface area contributed by atoms with Crippen molar-refractivity contribution in [3.05, 3.63) is 40.8 Å². The van der Waals surface area contributed by atoms with Crippen molar-refractivity contribution in [3.8, 4) is 0 Å². The van der Waals surface area contributed by atoms with Crippen molar-refractivity contribution < 1.29 is 12.8 Å². The van der Waals surface area contributed by atoms with Gasteiger partial charge in [-0.2, -0.15) is 4.31 Å². The molecule has 122 valence electrons. The molecule has 0 amide bonds. The number of hydrogen-bond acceptors (Lipinski definition) is 5. The maximum absolute atomic E-state index is 12.9. The summed E-state index contributed by atoms with van der Waals surface area (Å²) in [6.07, 6.45) is 3.01. The Morgan fingerprint density at radius 3 is 2.78 bits per heavy atom. The Morgan fingerprint density at radius 1 is 1.09 bits per heavy atom. The lowest BCUT2D eigenvalue weighted by molar-refractivity contribution is 0.383. The first-order valence-electron chi connectivity index (χ1n) is 7.82. The van der Waals surface area contributed by atoms with Crippen LogP contribution in [0.15, 0.2) is 44.4 Å². The van der Waals surface area contributed by atoms with Crippen LogP contribution in [0.3, 0.4) is 0 Å². The summed E-state index contributed by atoms with van der Waals surface area (Å²) in [5.74, 6) is 0. The molecular weight excluding hydrogens is 316 g/mol. The summed E-state index contributed by atoms with van der Waals surface area (Å²) >= 11 is 0. The predicted octanol–water partition coefficient (Wildman–Crippen LogP) is 1.31. The zero-order chi connectivity index (χ0) is 16.0. The van der Waals surface area contributed by atoms with Crippen molar-refractivity contribution >= 4 is 21.0 Å². The molecule has 1 aromatic heterocycles. The smallest absolute Gasteiger partial charge is 0.336 e. The Morgan fingerprint density at radius 2 is 1.91 bits per heavy atom. The molecule has 0 radical (unpaired) electrons. The molecule has 2 fully saturated rings. The van der Waals surface area contributed by atoms with E-state index >= 15 is 0 Å². The van der Waals surface area contributed by atoms with E-state index in [9.17, 15) is 13.2 Å². The third-order valence-corrected chi connectivity index (χ3v) is 6.58. The van der Waals surface area contributed by atoms with Gasteiger partial charge in [-0.25, -0.2) is 13.2 Å². The second-order valence-electron chi connectivity index (χ2n) is 6.24. The Hall–Kier alpha value is -1.70. The van der Waals surface area contributed by atoms with Crippen molar-refractivity contribution in [2.75, 3.05) is 13.1 Å². The first-order chi connectivity index (χ1) is 11.0. The van der Waals surface area contributed by atoms with Crippen LogP contribution < -0.4 is 10.9 Å². The van der Waals surface area contributed by atoms with Crippen LogP contribution in [0.4, 0.5) is 0 Å². The highest BCUT2D eigenvalue weighted by atomic mass is 32.2. The molecule has 7 heteroatoms. The van der Waals surface area contributed by atoms with E-state index in [4.69, 9.17) is 4.42 Å². The van der Waals surface area contributed by atoms with Crippen LogP contribution in [-0.4, -0.2) is 37.9 Å². The Kier molecular flexibility index (Phi) is 3.51. The van der Waals surface area contributed by atoms with E-state index in [1.54, 1.807) is 22.5 Å². The fourth-order valence-corrected chi connectivity index (χ4v) is 5.02. The fourth-order valence-electron chi connectivity index (χ4n) is 3.49. The van der Waals surface area contributed by atoms with Crippen LogP contribution >= 0.6 is 0 Å². The number of sulfonamides is 1. The summed E-state index contributed by atoms with van der Waals surface area (Å²) < 4.78 is 32.5. The topological polar surface area (TPSA) is 79.6 Å². The van der Waals surface area contributed by atoms with Crippen molar-refractivity contribution in [2.45, 2.75) is 36.2 Å². The van der Waals surface area contributed by atoms with Gasteiger partial charge in [-0.3, -0.25) is 0 Å². The van der Waals surface area contributed by atoms with Gasteiger partial charge < -0.3 is 9.73 Å². The van der Waals surface area contributed by atoms with E-state index in [-0.39, 0.29) is 10.9 Å². The van der Waals surface area contributed by atoms with Crippen LogP contribution in [0.25, 0.3) is 11.0 Å². The van der Waals surface area contributed by atoms with E-state index < -0.39 is 15.6 Å². The third-order valence-electron chi connectivity index (χ3n) is 4.71. The minimum absolute atomic E-state index is 0.246. The Bertz CT molecular complexity index is 906. The molecule has 4 rings (SSSR count). The van der Waals surface area contributed by atoms with E-state index in [0.717, 1.165) is 19.3 Å². The molecule has 3 heterocycles. The zero-order valence-electron chi connectivity index (χ0n) is 12.6. The van der Waals surface area contributed by atoms with Crippen molar-refractivity contribution in [1.29, 1.82) is 0 Å². The van der Waals surface area contributed by atoms with Gasteiger partial charge in [0.05, 0.1) is 4.90 Å². The first-order valence-corrected chi connectivity index (χ1v) is 9.26. The molecule has 6 nitrogen and oxygen atoms in total. The Labute approximate surface area is 134 Å². The molecule has 23 heavy (non-hydrogen) atoms. The molecule has 2 unspecified atom stereocenters. The lowest BCUT2D eigenvalue weighted by Crippen LogP contribution is -2.39. The van der Waals surface area contributed by atoms with Gasteiger partial charge in [0.1, 0.15) is 5.58 Å². The van der Waals surface area contributed by atoms with Crippen molar-refractivity contribution in [3.63, 3.8) is 0 Å². The maximum atomic E-state index is 12.9. The molecule has 2 aromatic rings. The molecule has 0 saturated carbocycles. The van der Waals surface area contributed by atoms with E-state index in [1.165, 1.54) is 12.1 Å². The van der Waals surface area contributed by atoms with Crippen LogP contribution in [-0.2, 0) is 10.0 Å². The van der Waals surface area contributed by atoms with E-state index in [0.29, 0.717) is 30.1 Å². The highest BCUT2D eigenvalue weighted by Crippen LogP contribution is 2.26. The van der Waals surface area contributed by atoms with Gasteiger partial charge in [0.2, 0.25) is 10.0 Å². The summed E-state index contributed by atoms with van der Waals surface area (Å²) in [4.78, 5) is 11.5. The number of hydrogen-bond donors (Lipinski definition) is 1. The van der Waals surface area contributed by atoms with Crippen LogP contribution in [0.5, 0.6) is 0 Å². The highest BCUT2D eigenvalue weighted by Gasteiger charge is 2.34. The average molecular weight is 334 g/mol. The summed E-state index contributed by atoms with van der Waals surface area (Å²) in [6.45, 7) is 1.05. The maximum Gasteiger partial charge on any atom is 0.336 e. The van der Waals surface area contributed by atoms with Gasteiger partial charge in [0.25, 0.3) is 0 Å². The number of nitrogens with zero attached hydrogens (tertiary/aromatic N) is 1. The number of rotatable bonds is 2.